The molecular formula is C19H17BrF3N3O2. The molecule has 1 heterocycles. The van der Waals surface area contributed by atoms with Crippen molar-refractivity contribution in [1.82, 2.24) is 10.3 Å². The summed E-state index contributed by atoms with van der Waals surface area (Å²) in [6.07, 6.45) is -3.47. The Balaban J connectivity index is 1.69. The number of carbonyl (C=O) groups excluding carboxylic acids is 2. The largest absolute Gasteiger partial charge is 0.418 e. The first kappa shape index (κ1) is 20.2. The summed E-state index contributed by atoms with van der Waals surface area (Å²) < 4.78 is 40.0. The number of likely N-dealkylation sites (tertiary alicyclic amines) is 1. The molecule has 1 aliphatic rings. The van der Waals surface area contributed by atoms with Crippen LogP contribution in [-0.2, 0) is 11.0 Å². The number of rotatable bonds is 4. The molecule has 1 saturated heterocycles. The second kappa shape index (κ2) is 8.22. The molecule has 0 radical (unpaired) electrons. The molecule has 3 rings (SSSR count). The van der Waals surface area contributed by atoms with Gasteiger partial charge in [0.25, 0.3) is 11.8 Å². The maximum atomic E-state index is 13.0. The third-order valence-corrected chi connectivity index (χ3v) is 4.99. The van der Waals surface area contributed by atoms with Crippen molar-refractivity contribution >= 4 is 33.4 Å². The number of hydrogen-bond acceptors (Lipinski definition) is 3. The predicted molar refractivity (Wildman–Crippen MR) is 101 cm³/mol. The molecule has 0 aliphatic carbocycles. The Morgan fingerprint density at radius 3 is 2.43 bits per heavy atom. The van der Waals surface area contributed by atoms with Gasteiger partial charge in [-0.15, -0.1) is 0 Å². The van der Waals surface area contributed by atoms with Gasteiger partial charge in [-0.25, -0.2) is 0 Å². The van der Waals surface area contributed by atoms with E-state index in [9.17, 15) is 22.8 Å². The maximum absolute atomic E-state index is 13.0. The summed E-state index contributed by atoms with van der Waals surface area (Å²) in [5.41, 5.74) is 3.95. The Kier molecular flexibility index (Phi) is 5.93. The number of halogens is 4. The Morgan fingerprint density at radius 1 is 1.07 bits per heavy atom. The Hall–Kier alpha value is -2.55. The Bertz CT molecular complexity index is 871. The van der Waals surface area contributed by atoms with Crippen LogP contribution in [0.2, 0.25) is 0 Å². The number of amides is 2. The first-order valence-electron chi connectivity index (χ1n) is 8.56. The van der Waals surface area contributed by atoms with Gasteiger partial charge in [0.15, 0.2) is 0 Å². The smallest absolute Gasteiger partial charge is 0.327 e. The maximum Gasteiger partial charge on any atom is 0.418 e. The summed E-state index contributed by atoms with van der Waals surface area (Å²) in [7, 11) is 0. The SMILES string of the molecule is O=C(NNc1ccccc1C(F)(F)F)C1CCCN1C(=O)c1ccc(Br)cc1. The van der Waals surface area contributed by atoms with E-state index in [1.807, 2.05) is 0 Å². The first-order chi connectivity index (χ1) is 13.3. The fourth-order valence-electron chi connectivity index (χ4n) is 3.09. The van der Waals surface area contributed by atoms with Crippen LogP contribution in [0.1, 0.15) is 28.8 Å². The quantitative estimate of drug-likeness (QED) is 0.678. The van der Waals surface area contributed by atoms with Crippen LogP contribution in [0.5, 0.6) is 0 Å². The minimum Gasteiger partial charge on any atom is -0.327 e. The molecule has 0 aromatic heterocycles. The highest BCUT2D eigenvalue weighted by atomic mass is 79.9. The lowest BCUT2D eigenvalue weighted by Crippen LogP contribution is -2.47. The van der Waals surface area contributed by atoms with Crippen molar-refractivity contribution in [2.24, 2.45) is 0 Å². The van der Waals surface area contributed by atoms with Gasteiger partial charge >= 0.3 is 6.18 Å². The lowest BCUT2D eigenvalue weighted by molar-refractivity contribution is -0.137. The van der Waals surface area contributed by atoms with Crippen molar-refractivity contribution in [3.8, 4) is 0 Å². The van der Waals surface area contributed by atoms with Crippen molar-refractivity contribution in [3.05, 3.63) is 64.1 Å². The second-order valence-electron chi connectivity index (χ2n) is 6.32. The van der Waals surface area contributed by atoms with Gasteiger partial charge in [-0.1, -0.05) is 28.1 Å². The highest BCUT2D eigenvalue weighted by Crippen LogP contribution is 2.34. The van der Waals surface area contributed by atoms with Crippen molar-refractivity contribution in [2.75, 3.05) is 12.0 Å². The van der Waals surface area contributed by atoms with Gasteiger partial charge in [-0.05, 0) is 49.2 Å². The molecule has 1 atom stereocenters. The van der Waals surface area contributed by atoms with Gasteiger partial charge in [0.1, 0.15) is 6.04 Å². The number of alkyl halides is 3. The van der Waals surface area contributed by atoms with Gasteiger partial charge < -0.3 is 4.90 Å². The molecular weight excluding hydrogens is 439 g/mol. The third kappa shape index (κ3) is 4.46. The number of nitrogens with one attached hydrogen (secondary N) is 2. The normalized spacial score (nSPS) is 16.7. The first-order valence-corrected chi connectivity index (χ1v) is 9.35. The number of hydrazine groups is 1. The van der Waals surface area contributed by atoms with Crippen molar-refractivity contribution in [1.29, 1.82) is 0 Å². The molecule has 0 spiro atoms. The summed E-state index contributed by atoms with van der Waals surface area (Å²) in [5, 5.41) is 0. The molecule has 1 unspecified atom stereocenters. The molecule has 5 nitrogen and oxygen atoms in total. The highest BCUT2D eigenvalue weighted by Gasteiger charge is 2.36. The summed E-state index contributed by atoms with van der Waals surface area (Å²) >= 11 is 3.30. The number of hydrogen-bond donors (Lipinski definition) is 2. The number of nitrogens with zero attached hydrogens (tertiary/aromatic N) is 1. The van der Waals surface area contributed by atoms with Crippen LogP contribution in [-0.4, -0.2) is 29.3 Å². The van der Waals surface area contributed by atoms with Crippen LogP contribution in [0.25, 0.3) is 0 Å². The molecule has 28 heavy (non-hydrogen) atoms. The standard InChI is InChI=1S/C19H17BrF3N3O2/c20-13-9-7-12(8-10-13)18(28)26-11-3-6-16(26)17(27)25-24-15-5-2-1-4-14(15)19(21,22)23/h1-2,4-5,7-10,16,24H,3,6,11H2,(H,25,27). The minimum atomic E-state index is -4.55. The zero-order valence-corrected chi connectivity index (χ0v) is 16.2. The van der Waals surface area contributed by atoms with Gasteiger partial charge in [-0.3, -0.25) is 20.4 Å². The third-order valence-electron chi connectivity index (χ3n) is 4.46. The number of para-hydroxylation sites is 1. The topological polar surface area (TPSA) is 61.4 Å². The number of benzene rings is 2. The van der Waals surface area contributed by atoms with Crippen molar-refractivity contribution in [2.45, 2.75) is 25.1 Å². The molecule has 0 bridgehead atoms. The van der Waals surface area contributed by atoms with Crippen molar-refractivity contribution in [3.63, 3.8) is 0 Å². The van der Waals surface area contributed by atoms with Crippen LogP contribution in [0.4, 0.5) is 18.9 Å². The van der Waals surface area contributed by atoms with E-state index in [1.165, 1.54) is 23.1 Å². The van der Waals surface area contributed by atoms with Crippen LogP contribution < -0.4 is 10.9 Å². The summed E-state index contributed by atoms with van der Waals surface area (Å²) in [5.74, 6) is -0.846. The van der Waals surface area contributed by atoms with Gasteiger partial charge in [0.2, 0.25) is 0 Å². The predicted octanol–water partition coefficient (Wildman–Crippen LogP) is 4.22. The monoisotopic (exact) mass is 455 g/mol. The van der Waals surface area contributed by atoms with E-state index in [0.717, 1.165) is 10.5 Å². The zero-order chi connectivity index (χ0) is 20.3. The number of anilines is 1. The molecule has 2 N–H and O–H groups in total. The van der Waals surface area contributed by atoms with Crippen LogP contribution in [0, 0.1) is 0 Å². The van der Waals surface area contributed by atoms with E-state index in [1.54, 1.807) is 24.3 Å². The molecule has 0 saturated carbocycles. The summed E-state index contributed by atoms with van der Waals surface area (Å²) in [6.45, 7) is 0.409. The fraction of sp³-hybridized carbons (Fsp3) is 0.263. The van der Waals surface area contributed by atoms with E-state index >= 15 is 0 Å². The molecule has 148 valence electrons. The van der Waals surface area contributed by atoms with E-state index < -0.39 is 23.7 Å². The molecule has 2 aromatic carbocycles. The average molecular weight is 456 g/mol. The Labute approximate surface area is 168 Å². The molecule has 1 aliphatic heterocycles. The summed E-state index contributed by atoms with van der Waals surface area (Å²) in [4.78, 5) is 26.7. The molecule has 1 fully saturated rings. The second-order valence-corrected chi connectivity index (χ2v) is 7.24. The average Bonchev–Trinajstić information content (AvgIpc) is 3.15. The minimum absolute atomic E-state index is 0.257. The van der Waals surface area contributed by atoms with Crippen molar-refractivity contribution < 1.29 is 22.8 Å². The van der Waals surface area contributed by atoms with Crippen LogP contribution >= 0.6 is 15.9 Å². The number of carbonyl (C=O) groups is 2. The zero-order valence-electron chi connectivity index (χ0n) is 14.6. The Morgan fingerprint density at radius 2 is 1.75 bits per heavy atom. The fourth-order valence-corrected chi connectivity index (χ4v) is 3.36. The van der Waals surface area contributed by atoms with Gasteiger partial charge in [-0.2, -0.15) is 13.2 Å². The van der Waals surface area contributed by atoms with E-state index in [2.05, 4.69) is 26.8 Å². The van der Waals surface area contributed by atoms with Gasteiger partial charge in [0.05, 0.1) is 11.3 Å². The lowest BCUT2D eigenvalue weighted by Gasteiger charge is -2.24. The molecule has 2 amide bonds. The van der Waals surface area contributed by atoms with Crippen LogP contribution in [0.15, 0.2) is 53.0 Å². The lowest BCUT2D eigenvalue weighted by atomic mass is 10.1. The van der Waals surface area contributed by atoms with Crippen LogP contribution in [0.3, 0.4) is 0 Å². The van der Waals surface area contributed by atoms with E-state index in [4.69, 9.17) is 0 Å². The van der Waals surface area contributed by atoms with Gasteiger partial charge in [0, 0.05) is 16.6 Å². The van der Waals surface area contributed by atoms with E-state index in [0.29, 0.717) is 24.9 Å². The molecule has 2 aromatic rings. The summed E-state index contributed by atoms with van der Waals surface area (Å²) in [6, 6.07) is 10.9. The van der Waals surface area contributed by atoms with E-state index in [-0.39, 0.29) is 11.6 Å². The molecule has 9 heteroatoms. The highest BCUT2D eigenvalue weighted by molar-refractivity contribution is 9.10.